The Morgan fingerprint density at radius 3 is 2.52 bits per heavy atom. The first-order chi connectivity index (χ1) is 12.1. The first kappa shape index (κ1) is 17.4. The molecule has 5 nitrogen and oxygen atoms in total. The summed E-state index contributed by atoms with van der Waals surface area (Å²) in [6.07, 6.45) is 1.01. The van der Waals surface area contributed by atoms with Crippen LogP contribution in [0.4, 0.5) is 10.1 Å². The molecule has 0 unspecified atom stereocenters. The molecule has 1 aliphatic rings. The van der Waals surface area contributed by atoms with Crippen molar-refractivity contribution in [2.24, 2.45) is 5.73 Å². The summed E-state index contributed by atoms with van der Waals surface area (Å²) >= 11 is 0. The van der Waals surface area contributed by atoms with Gasteiger partial charge in [0.25, 0.3) is 0 Å². The zero-order valence-electron chi connectivity index (χ0n) is 13.8. The smallest absolute Gasteiger partial charge is 0.244 e. The molecule has 0 atom stereocenters. The highest BCUT2D eigenvalue weighted by Gasteiger charge is 2.35. The van der Waals surface area contributed by atoms with E-state index in [1.807, 2.05) is 0 Å². The van der Waals surface area contributed by atoms with Gasteiger partial charge in [-0.25, -0.2) is 4.39 Å². The summed E-state index contributed by atoms with van der Waals surface area (Å²) in [5.41, 5.74) is 6.39. The predicted octanol–water partition coefficient (Wildman–Crippen LogP) is 2.85. The molecular weight excluding hydrogens is 323 g/mol. The Balaban J connectivity index is 1.57. The topological polar surface area (TPSA) is 73.6 Å². The highest BCUT2D eigenvalue weighted by atomic mass is 19.1. The van der Waals surface area contributed by atoms with Crippen molar-refractivity contribution in [3.8, 4) is 5.75 Å². The minimum absolute atomic E-state index is 0.143. The van der Waals surface area contributed by atoms with E-state index < -0.39 is 5.54 Å². The van der Waals surface area contributed by atoms with E-state index in [0.29, 0.717) is 43.1 Å². The highest BCUT2D eigenvalue weighted by Crippen LogP contribution is 2.22. The van der Waals surface area contributed by atoms with Gasteiger partial charge in [-0.3, -0.25) is 4.79 Å². The van der Waals surface area contributed by atoms with E-state index in [0.717, 1.165) is 0 Å². The second kappa shape index (κ2) is 7.63. The summed E-state index contributed by atoms with van der Waals surface area (Å²) in [4.78, 5) is 12.4. The number of hydrogen-bond donors (Lipinski definition) is 2. The third-order valence-electron chi connectivity index (χ3n) is 4.30. The van der Waals surface area contributed by atoms with Crippen molar-refractivity contribution in [2.45, 2.75) is 25.0 Å². The fraction of sp³-hybridized carbons (Fsp3) is 0.316. The van der Waals surface area contributed by atoms with Crippen molar-refractivity contribution >= 4 is 11.6 Å². The lowest BCUT2D eigenvalue weighted by molar-refractivity contribution is -0.124. The summed E-state index contributed by atoms with van der Waals surface area (Å²) in [7, 11) is 0. The number of ether oxygens (including phenoxy) is 2. The van der Waals surface area contributed by atoms with Gasteiger partial charge in [0, 0.05) is 24.5 Å². The van der Waals surface area contributed by atoms with Gasteiger partial charge in [-0.1, -0.05) is 18.2 Å². The maximum absolute atomic E-state index is 13.6. The van der Waals surface area contributed by atoms with Crippen LogP contribution in [-0.2, 0) is 16.1 Å². The minimum Gasteiger partial charge on any atom is -0.489 e. The van der Waals surface area contributed by atoms with Crippen molar-refractivity contribution in [1.82, 2.24) is 0 Å². The second-order valence-corrected chi connectivity index (χ2v) is 6.13. The normalized spacial score (nSPS) is 16.2. The number of rotatable bonds is 5. The van der Waals surface area contributed by atoms with Crippen LogP contribution in [-0.4, -0.2) is 24.7 Å². The van der Waals surface area contributed by atoms with Crippen LogP contribution in [0.5, 0.6) is 5.75 Å². The van der Waals surface area contributed by atoms with Gasteiger partial charge >= 0.3 is 0 Å². The van der Waals surface area contributed by atoms with Crippen LogP contribution in [0.2, 0.25) is 0 Å². The largest absolute Gasteiger partial charge is 0.489 e. The van der Waals surface area contributed by atoms with Crippen LogP contribution >= 0.6 is 0 Å². The van der Waals surface area contributed by atoms with Gasteiger partial charge in [0.2, 0.25) is 5.91 Å². The molecule has 1 aliphatic heterocycles. The maximum atomic E-state index is 13.6. The average Bonchev–Trinajstić information content (AvgIpc) is 2.63. The van der Waals surface area contributed by atoms with E-state index in [9.17, 15) is 9.18 Å². The van der Waals surface area contributed by atoms with Crippen molar-refractivity contribution in [2.75, 3.05) is 18.5 Å². The molecule has 2 aromatic carbocycles. The zero-order valence-corrected chi connectivity index (χ0v) is 13.8. The molecule has 0 aliphatic carbocycles. The Kier molecular flexibility index (Phi) is 5.31. The number of carbonyl (C=O) groups is 1. The summed E-state index contributed by atoms with van der Waals surface area (Å²) < 4.78 is 24.4. The first-order valence-electron chi connectivity index (χ1n) is 8.21. The van der Waals surface area contributed by atoms with Crippen molar-refractivity contribution in [1.29, 1.82) is 0 Å². The average molecular weight is 344 g/mol. The number of amides is 1. The predicted molar refractivity (Wildman–Crippen MR) is 92.8 cm³/mol. The molecule has 0 spiro atoms. The third kappa shape index (κ3) is 4.35. The molecule has 0 bridgehead atoms. The molecule has 1 saturated heterocycles. The SMILES string of the molecule is NC1(C(=O)Nc2ccc(OCc3ccccc3F)cc2)CCOCC1. The molecule has 1 heterocycles. The molecule has 0 saturated carbocycles. The van der Waals surface area contributed by atoms with Crippen LogP contribution in [0.25, 0.3) is 0 Å². The number of nitrogens with two attached hydrogens (primary N) is 1. The number of hydrogen-bond acceptors (Lipinski definition) is 4. The molecule has 2 aromatic rings. The Labute approximate surface area is 145 Å². The standard InChI is InChI=1S/C19H21FN2O3/c20-17-4-2-1-3-14(17)13-25-16-7-5-15(6-8-16)22-18(23)19(21)9-11-24-12-10-19/h1-8H,9-13,21H2,(H,22,23). The van der Waals surface area contributed by atoms with Crippen LogP contribution in [0.15, 0.2) is 48.5 Å². The number of carbonyl (C=O) groups excluding carboxylic acids is 1. The molecule has 0 radical (unpaired) electrons. The highest BCUT2D eigenvalue weighted by molar-refractivity contribution is 5.98. The van der Waals surface area contributed by atoms with E-state index in [1.165, 1.54) is 6.07 Å². The molecule has 1 amide bonds. The molecule has 3 N–H and O–H groups in total. The molecule has 132 valence electrons. The van der Waals surface area contributed by atoms with E-state index in [1.54, 1.807) is 42.5 Å². The Bertz CT molecular complexity index is 728. The third-order valence-corrected chi connectivity index (χ3v) is 4.30. The lowest BCUT2D eigenvalue weighted by atomic mass is 9.90. The van der Waals surface area contributed by atoms with Gasteiger partial charge in [0.1, 0.15) is 23.7 Å². The van der Waals surface area contributed by atoms with Crippen molar-refractivity contribution in [3.63, 3.8) is 0 Å². The quantitative estimate of drug-likeness (QED) is 0.875. The summed E-state index contributed by atoms with van der Waals surface area (Å²) in [6.45, 7) is 1.13. The van der Waals surface area contributed by atoms with Crippen LogP contribution in [0, 0.1) is 5.82 Å². The minimum atomic E-state index is -0.891. The maximum Gasteiger partial charge on any atom is 0.244 e. The molecule has 0 aromatic heterocycles. The lowest BCUT2D eigenvalue weighted by Crippen LogP contribution is -2.54. The van der Waals surface area contributed by atoms with E-state index in [-0.39, 0.29) is 18.3 Å². The summed E-state index contributed by atoms with van der Waals surface area (Å²) in [6, 6.07) is 13.4. The van der Waals surface area contributed by atoms with Crippen molar-refractivity contribution < 1.29 is 18.7 Å². The first-order valence-corrected chi connectivity index (χ1v) is 8.21. The van der Waals surface area contributed by atoms with Gasteiger partial charge in [-0.05, 0) is 43.2 Å². The summed E-state index contributed by atoms with van der Waals surface area (Å²) in [5, 5.41) is 2.83. The van der Waals surface area contributed by atoms with Crippen molar-refractivity contribution in [3.05, 3.63) is 59.9 Å². The van der Waals surface area contributed by atoms with Crippen LogP contribution < -0.4 is 15.8 Å². The fourth-order valence-electron chi connectivity index (χ4n) is 2.63. The molecule has 3 rings (SSSR count). The Morgan fingerprint density at radius 2 is 1.84 bits per heavy atom. The second-order valence-electron chi connectivity index (χ2n) is 6.13. The monoisotopic (exact) mass is 344 g/mol. The van der Waals surface area contributed by atoms with E-state index in [4.69, 9.17) is 15.2 Å². The van der Waals surface area contributed by atoms with Crippen LogP contribution in [0.1, 0.15) is 18.4 Å². The van der Waals surface area contributed by atoms with Gasteiger partial charge in [0.05, 0.1) is 0 Å². The van der Waals surface area contributed by atoms with Gasteiger partial charge < -0.3 is 20.5 Å². The fourth-order valence-corrected chi connectivity index (χ4v) is 2.63. The van der Waals surface area contributed by atoms with E-state index >= 15 is 0 Å². The summed E-state index contributed by atoms with van der Waals surface area (Å²) in [5.74, 6) is 0.0849. The zero-order chi connectivity index (χ0) is 17.7. The number of benzene rings is 2. The number of halogens is 1. The number of nitrogens with one attached hydrogen (secondary N) is 1. The van der Waals surface area contributed by atoms with Gasteiger partial charge in [-0.2, -0.15) is 0 Å². The van der Waals surface area contributed by atoms with Gasteiger partial charge in [-0.15, -0.1) is 0 Å². The lowest BCUT2D eigenvalue weighted by Gasteiger charge is -2.31. The molecular formula is C19H21FN2O3. The Hall–Kier alpha value is -2.44. The van der Waals surface area contributed by atoms with Gasteiger partial charge in [0.15, 0.2) is 0 Å². The van der Waals surface area contributed by atoms with Crippen LogP contribution in [0.3, 0.4) is 0 Å². The molecule has 6 heteroatoms. The number of anilines is 1. The van der Waals surface area contributed by atoms with E-state index in [2.05, 4.69) is 5.32 Å². The Morgan fingerprint density at radius 1 is 1.16 bits per heavy atom. The molecule has 25 heavy (non-hydrogen) atoms. The molecule has 1 fully saturated rings.